The third-order valence-corrected chi connectivity index (χ3v) is 3.45. The summed E-state index contributed by atoms with van der Waals surface area (Å²) in [5, 5.41) is 2.32. The first-order chi connectivity index (χ1) is 10.3. The number of alkyl halides is 3. The summed E-state index contributed by atoms with van der Waals surface area (Å²) in [7, 11) is 1.92. The molecule has 0 atom stereocenters. The summed E-state index contributed by atoms with van der Waals surface area (Å²) in [4.78, 5) is 27.3. The average molecular weight is 315 g/mol. The lowest BCUT2D eigenvalue weighted by atomic mass is 10.2. The van der Waals surface area contributed by atoms with Crippen molar-refractivity contribution in [2.24, 2.45) is 0 Å². The first-order valence-electron chi connectivity index (χ1n) is 6.73. The van der Waals surface area contributed by atoms with Gasteiger partial charge in [-0.25, -0.2) is 0 Å². The predicted molar refractivity (Wildman–Crippen MR) is 74.2 cm³/mol. The fourth-order valence-corrected chi connectivity index (χ4v) is 2.08. The zero-order valence-electron chi connectivity index (χ0n) is 12.0. The fraction of sp³-hybridized carbons (Fsp3) is 0.429. The summed E-state index contributed by atoms with van der Waals surface area (Å²) in [5.74, 6) is -1.52. The highest BCUT2D eigenvalue weighted by molar-refractivity contribution is 6.39. The Kier molecular flexibility index (Phi) is 4.70. The van der Waals surface area contributed by atoms with Crippen molar-refractivity contribution in [2.75, 3.05) is 38.5 Å². The molecule has 0 radical (unpaired) electrons. The zero-order chi connectivity index (χ0) is 16.3. The maximum absolute atomic E-state index is 12.4. The SMILES string of the molecule is CN1CCN(C(=O)C(=O)Nc2ccc(C(F)(F)F)cc2)CC1. The van der Waals surface area contributed by atoms with Crippen LogP contribution in [-0.4, -0.2) is 54.8 Å². The largest absolute Gasteiger partial charge is 0.416 e. The highest BCUT2D eigenvalue weighted by Gasteiger charge is 2.30. The van der Waals surface area contributed by atoms with Gasteiger partial charge in [0.15, 0.2) is 0 Å². The van der Waals surface area contributed by atoms with E-state index in [1.54, 1.807) is 0 Å². The van der Waals surface area contributed by atoms with Gasteiger partial charge in [0.1, 0.15) is 0 Å². The minimum absolute atomic E-state index is 0.153. The number of benzene rings is 1. The van der Waals surface area contributed by atoms with Gasteiger partial charge in [-0.3, -0.25) is 9.59 Å². The monoisotopic (exact) mass is 315 g/mol. The Morgan fingerprint density at radius 3 is 2.09 bits per heavy atom. The molecule has 2 amide bonds. The van der Waals surface area contributed by atoms with Crippen LogP contribution in [0.4, 0.5) is 18.9 Å². The van der Waals surface area contributed by atoms with Crippen LogP contribution in [0.2, 0.25) is 0 Å². The molecule has 0 bridgehead atoms. The fourth-order valence-electron chi connectivity index (χ4n) is 2.08. The Morgan fingerprint density at radius 1 is 1.05 bits per heavy atom. The average Bonchev–Trinajstić information content (AvgIpc) is 2.47. The second kappa shape index (κ2) is 6.35. The van der Waals surface area contributed by atoms with E-state index in [0.29, 0.717) is 26.2 Å². The van der Waals surface area contributed by atoms with Gasteiger partial charge in [0.05, 0.1) is 5.56 Å². The van der Waals surface area contributed by atoms with Gasteiger partial charge in [0.25, 0.3) is 0 Å². The number of nitrogens with zero attached hydrogens (tertiary/aromatic N) is 2. The molecule has 0 aliphatic carbocycles. The molecule has 0 saturated carbocycles. The third kappa shape index (κ3) is 3.97. The molecule has 5 nitrogen and oxygen atoms in total. The van der Waals surface area contributed by atoms with Crippen molar-refractivity contribution in [1.82, 2.24) is 9.80 Å². The maximum atomic E-state index is 12.4. The Balaban J connectivity index is 1.95. The molecule has 1 aromatic rings. The molecule has 0 spiro atoms. The molecule has 22 heavy (non-hydrogen) atoms. The molecular weight excluding hydrogens is 299 g/mol. The number of hydrogen-bond donors (Lipinski definition) is 1. The standard InChI is InChI=1S/C14H16F3N3O2/c1-19-6-8-20(9-7-19)13(22)12(21)18-11-4-2-10(3-5-11)14(15,16)17/h2-5H,6-9H2,1H3,(H,18,21). The molecular formula is C14H16F3N3O2. The van der Waals surface area contributed by atoms with Crippen LogP contribution in [0.3, 0.4) is 0 Å². The molecule has 8 heteroatoms. The van der Waals surface area contributed by atoms with Crippen LogP contribution in [0.5, 0.6) is 0 Å². The van der Waals surface area contributed by atoms with E-state index in [9.17, 15) is 22.8 Å². The molecule has 1 aromatic carbocycles. The van der Waals surface area contributed by atoms with Crippen molar-refractivity contribution < 1.29 is 22.8 Å². The minimum Gasteiger partial charge on any atom is -0.332 e. The van der Waals surface area contributed by atoms with Crippen molar-refractivity contribution in [3.05, 3.63) is 29.8 Å². The van der Waals surface area contributed by atoms with Crippen LogP contribution in [0.15, 0.2) is 24.3 Å². The van der Waals surface area contributed by atoms with Gasteiger partial charge in [-0.2, -0.15) is 13.2 Å². The number of hydrogen-bond acceptors (Lipinski definition) is 3. The number of anilines is 1. The number of amides is 2. The third-order valence-electron chi connectivity index (χ3n) is 3.45. The van der Waals surface area contributed by atoms with E-state index in [-0.39, 0.29) is 5.69 Å². The smallest absolute Gasteiger partial charge is 0.332 e. The summed E-state index contributed by atoms with van der Waals surface area (Å²) >= 11 is 0. The summed E-state index contributed by atoms with van der Waals surface area (Å²) in [5.41, 5.74) is -0.656. The van der Waals surface area contributed by atoms with Crippen molar-refractivity contribution in [1.29, 1.82) is 0 Å². The summed E-state index contributed by atoms with van der Waals surface area (Å²) in [6.07, 6.45) is -4.43. The molecule has 120 valence electrons. The molecule has 1 N–H and O–H groups in total. The van der Waals surface area contributed by atoms with E-state index in [1.165, 1.54) is 4.90 Å². The Bertz CT molecular complexity index is 549. The van der Waals surface area contributed by atoms with E-state index in [2.05, 4.69) is 5.32 Å². The van der Waals surface area contributed by atoms with Crippen molar-refractivity contribution >= 4 is 17.5 Å². The van der Waals surface area contributed by atoms with Gasteiger partial charge < -0.3 is 15.1 Å². The Labute approximate surface area is 125 Å². The quantitative estimate of drug-likeness (QED) is 0.798. The van der Waals surface area contributed by atoms with Gasteiger partial charge in [-0.15, -0.1) is 0 Å². The van der Waals surface area contributed by atoms with Crippen LogP contribution in [0, 0.1) is 0 Å². The van der Waals surface area contributed by atoms with Crippen molar-refractivity contribution in [3.63, 3.8) is 0 Å². The van der Waals surface area contributed by atoms with Crippen LogP contribution in [-0.2, 0) is 15.8 Å². The number of carbonyl (C=O) groups excluding carboxylic acids is 2. The van der Waals surface area contributed by atoms with Crippen molar-refractivity contribution in [3.8, 4) is 0 Å². The first-order valence-corrected chi connectivity index (χ1v) is 6.73. The van der Waals surface area contributed by atoms with Crippen LogP contribution < -0.4 is 5.32 Å². The molecule has 1 saturated heterocycles. The molecule has 2 rings (SSSR count). The molecule has 1 heterocycles. The lowest BCUT2D eigenvalue weighted by Gasteiger charge is -2.31. The van der Waals surface area contributed by atoms with E-state index in [4.69, 9.17) is 0 Å². The molecule has 0 aromatic heterocycles. The highest BCUT2D eigenvalue weighted by atomic mass is 19.4. The Morgan fingerprint density at radius 2 is 1.59 bits per heavy atom. The second-order valence-corrected chi connectivity index (χ2v) is 5.12. The lowest BCUT2D eigenvalue weighted by molar-refractivity contribution is -0.144. The van der Waals surface area contributed by atoms with E-state index >= 15 is 0 Å². The van der Waals surface area contributed by atoms with Crippen molar-refractivity contribution in [2.45, 2.75) is 6.18 Å². The first kappa shape index (κ1) is 16.3. The van der Waals surface area contributed by atoms with Gasteiger partial charge in [-0.1, -0.05) is 0 Å². The Hall–Kier alpha value is -2.09. The lowest BCUT2D eigenvalue weighted by Crippen LogP contribution is -2.50. The van der Waals surface area contributed by atoms with Gasteiger partial charge in [-0.05, 0) is 31.3 Å². The summed E-state index contributed by atoms with van der Waals surface area (Å²) in [6, 6.07) is 3.96. The second-order valence-electron chi connectivity index (χ2n) is 5.12. The molecule has 1 aliphatic heterocycles. The van der Waals surface area contributed by atoms with Crippen LogP contribution >= 0.6 is 0 Å². The number of carbonyl (C=O) groups is 2. The summed E-state index contributed by atoms with van der Waals surface area (Å²) < 4.78 is 37.3. The number of piperazine rings is 1. The van der Waals surface area contributed by atoms with Gasteiger partial charge >= 0.3 is 18.0 Å². The zero-order valence-corrected chi connectivity index (χ0v) is 12.0. The highest BCUT2D eigenvalue weighted by Crippen LogP contribution is 2.29. The molecule has 0 unspecified atom stereocenters. The number of nitrogens with one attached hydrogen (secondary N) is 1. The predicted octanol–water partition coefficient (Wildman–Crippen LogP) is 1.42. The number of likely N-dealkylation sites (N-methyl/N-ethyl adjacent to an activating group) is 1. The van der Waals surface area contributed by atoms with Gasteiger partial charge in [0.2, 0.25) is 0 Å². The minimum atomic E-state index is -4.43. The van der Waals surface area contributed by atoms with Gasteiger partial charge in [0, 0.05) is 31.9 Å². The summed E-state index contributed by atoms with van der Waals surface area (Å²) in [6.45, 7) is 2.27. The molecule has 1 fully saturated rings. The van der Waals surface area contributed by atoms with E-state index in [0.717, 1.165) is 24.3 Å². The number of halogens is 3. The normalized spacial score (nSPS) is 16.5. The van der Waals surface area contributed by atoms with E-state index < -0.39 is 23.6 Å². The topological polar surface area (TPSA) is 52.7 Å². The number of rotatable bonds is 1. The maximum Gasteiger partial charge on any atom is 0.416 e. The van der Waals surface area contributed by atoms with Crippen LogP contribution in [0.1, 0.15) is 5.56 Å². The van der Waals surface area contributed by atoms with E-state index in [1.807, 2.05) is 11.9 Å². The van der Waals surface area contributed by atoms with Crippen LogP contribution in [0.25, 0.3) is 0 Å². The molecule has 1 aliphatic rings.